The number of rotatable bonds is 3. The molecule has 0 aliphatic carbocycles. The Morgan fingerprint density at radius 3 is 3.24 bits per heavy atom. The predicted octanol–water partition coefficient (Wildman–Crippen LogP) is 0.821. The van der Waals surface area contributed by atoms with Crippen LogP contribution >= 0.6 is 0 Å². The Balaban J connectivity index is 1.97. The first kappa shape index (κ1) is 10.7. The fourth-order valence-corrected chi connectivity index (χ4v) is 2.38. The molecule has 90 valence electrons. The average molecular weight is 232 g/mol. The highest BCUT2D eigenvalue weighted by molar-refractivity contribution is 5.38. The molecule has 0 radical (unpaired) electrons. The van der Waals surface area contributed by atoms with Gasteiger partial charge in [0, 0.05) is 12.2 Å². The molecule has 5 nitrogen and oxygen atoms in total. The van der Waals surface area contributed by atoms with Crippen LogP contribution in [0.15, 0.2) is 24.4 Å². The molecule has 2 aromatic rings. The van der Waals surface area contributed by atoms with Gasteiger partial charge in [-0.3, -0.25) is 4.40 Å². The Morgan fingerprint density at radius 1 is 1.41 bits per heavy atom. The molecule has 17 heavy (non-hydrogen) atoms. The third-order valence-electron chi connectivity index (χ3n) is 3.22. The predicted molar refractivity (Wildman–Crippen MR) is 64.0 cm³/mol. The second-order valence-corrected chi connectivity index (χ2v) is 4.30. The molecule has 3 rings (SSSR count). The summed E-state index contributed by atoms with van der Waals surface area (Å²) >= 11 is 0. The molecule has 1 fully saturated rings. The molecular formula is C12H16N4O. The quantitative estimate of drug-likeness (QED) is 0.851. The van der Waals surface area contributed by atoms with Crippen LogP contribution in [0.4, 0.5) is 0 Å². The number of nitrogens with zero attached hydrogens (tertiary/aromatic N) is 3. The Kier molecular flexibility index (Phi) is 2.78. The van der Waals surface area contributed by atoms with E-state index in [1.54, 1.807) is 0 Å². The lowest BCUT2D eigenvalue weighted by molar-refractivity contribution is 0.187. The van der Waals surface area contributed by atoms with Crippen molar-refractivity contribution >= 4 is 5.65 Å². The van der Waals surface area contributed by atoms with E-state index in [0.29, 0.717) is 12.6 Å². The molecule has 1 saturated heterocycles. The monoisotopic (exact) mass is 232 g/mol. The van der Waals surface area contributed by atoms with Crippen molar-refractivity contribution in [3.63, 3.8) is 0 Å². The largest absolute Gasteiger partial charge is 0.379 e. The molecule has 0 saturated carbocycles. The molecule has 0 amide bonds. The summed E-state index contributed by atoms with van der Waals surface area (Å²) in [5.74, 6) is 1.27. The van der Waals surface area contributed by atoms with Crippen molar-refractivity contribution in [1.29, 1.82) is 0 Å². The SMILES string of the molecule is CCNC1COCC1c1nnc2ccccn12. The smallest absolute Gasteiger partial charge is 0.160 e. The zero-order valence-electron chi connectivity index (χ0n) is 9.84. The molecule has 2 atom stereocenters. The lowest BCUT2D eigenvalue weighted by atomic mass is 10.0. The van der Waals surface area contributed by atoms with Crippen LogP contribution in [0.5, 0.6) is 0 Å². The third-order valence-corrected chi connectivity index (χ3v) is 3.22. The molecule has 0 bridgehead atoms. The van der Waals surface area contributed by atoms with Crippen LogP contribution in [0.3, 0.4) is 0 Å². The summed E-state index contributed by atoms with van der Waals surface area (Å²) in [6, 6.07) is 6.28. The van der Waals surface area contributed by atoms with Gasteiger partial charge in [0.25, 0.3) is 0 Å². The van der Waals surface area contributed by atoms with Crippen molar-refractivity contribution in [2.24, 2.45) is 0 Å². The van der Waals surface area contributed by atoms with Gasteiger partial charge in [-0.05, 0) is 18.7 Å². The minimum atomic E-state index is 0.285. The molecule has 3 heterocycles. The average Bonchev–Trinajstić information content (AvgIpc) is 2.95. The maximum Gasteiger partial charge on any atom is 0.160 e. The van der Waals surface area contributed by atoms with Crippen LogP contribution in [0, 0.1) is 0 Å². The van der Waals surface area contributed by atoms with Crippen LogP contribution in [-0.4, -0.2) is 40.4 Å². The number of ether oxygens (including phenoxy) is 1. The second-order valence-electron chi connectivity index (χ2n) is 4.30. The lowest BCUT2D eigenvalue weighted by Crippen LogP contribution is -2.34. The van der Waals surface area contributed by atoms with Crippen molar-refractivity contribution in [1.82, 2.24) is 19.9 Å². The number of aromatic nitrogens is 3. The molecule has 0 aromatic carbocycles. The summed E-state index contributed by atoms with van der Waals surface area (Å²) in [5, 5.41) is 11.9. The van der Waals surface area contributed by atoms with Crippen molar-refractivity contribution < 1.29 is 4.74 Å². The van der Waals surface area contributed by atoms with E-state index in [0.717, 1.165) is 24.6 Å². The molecule has 1 N–H and O–H groups in total. The third kappa shape index (κ3) is 1.81. The zero-order chi connectivity index (χ0) is 11.7. The van der Waals surface area contributed by atoms with Gasteiger partial charge in [0.05, 0.1) is 19.1 Å². The molecule has 1 aliphatic rings. The topological polar surface area (TPSA) is 51.5 Å². The maximum absolute atomic E-state index is 5.55. The van der Waals surface area contributed by atoms with Crippen LogP contribution in [0.1, 0.15) is 18.7 Å². The summed E-state index contributed by atoms with van der Waals surface area (Å²) in [7, 11) is 0. The summed E-state index contributed by atoms with van der Waals surface area (Å²) < 4.78 is 7.60. The normalized spacial score (nSPS) is 24.5. The molecular weight excluding hydrogens is 216 g/mol. The van der Waals surface area contributed by atoms with Crippen LogP contribution in [0.2, 0.25) is 0 Å². The Morgan fingerprint density at radius 2 is 2.35 bits per heavy atom. The Bertz CT molecular complexity index is 510. The van der Waals surface area contributed by atoms with Crippen LogP contribution in [-0.2, 0) is 4.74 Å². The molecule has 2 unspecified atom stereocenters. The van der Waals surface area contributed by atoms with E-state index in [1.807, 2.05) is 28.8 Å². The van der Waals surface area contributed by atoms with E-state index in [4.69, 9.17) is 4.74 Å². The Hall–Kier alpha value is -1.46. The van der Waals surface area contributed by atoms with Gasteiger partial charge < -0.3 is 10.1 Å². The number of fused-ring (bicyclic) bond motifs is 1. The minimum absolute atomic E-state index is 0.285. The summed E-state index contributed by atoms with van der Waals surface area (Å²) in [6.07, 6.45) is 2.01. The first-order valence-corrected chi connectivity index (χ1v) is 6.01. The zero-order valence-corrected chi connectivity index (χ0v) is 9.84. The lowest BCUT2D eigenvalue weighted by Gasteiger charge is -2.16. The van der Waals surface area contributed by atoms with E-state index in [9.17, 15) is 0 Å². The van der Waals surface area contributed by atoms with E-state index in [-0.39, 0.29) is 5.92 Å². The maximum atomic E-state index is 5.55. The van der Waals surface area contributed by atoms with Crippen molar-refractivity contribution in [2.75, 3.05) is 19.8 Å². The van der Waals surface area contributed by atoms with E-state index in [1.165, 1.54) is 0 Å². The fraction of sp³-hybridized carbons (Fsp3) is 0.500. The van der Waals surface area contributed by atoms with Crippen molar-refractivity contribution in [3.8, 4) is 0 Å². The van der Waals surface area contributed by atoms with Gasteiger partial charge in [-0.1, -0.05) is 13.0 Å². The van der Waals surface area contributed by atoms with Crippen molar-refractivity contribution in [3.05, 3.63) is 30.2 Å². The van der Waals surface area contributed by atoms with E-state index >= 15 is 0 Å². The van der Waals surface area contributed by atoms with Gasteiger partial charge in [0.15, 0.2) is 5.65 Å². The highest BCUT2D eigenvalue weighted by Gasteiger charge is 2.32. The highest BCUT2D eigenvalue weighted by Crippen LogP contribution is 2.24. The van der Waals surface area contributed by atoms with Gasteiger partial charge in [-0.15, -0.1) is 10.2 Å². The second kappa shape index (κ2) is 4.43. The van der Waals surface area contributed by atoms with E-state index < -0.39 is 0 Å². The first-order valence-electron chi connectivity index (χ1n) is 6.01. The summed E-state index contributed by atoms with van der Waals surface area (Å²) in [6.45, 7) is 4.52. The van der Waals surface area contributed by atoms with E-state index in [2.05, 4.69) is 22.4 Å². The standard InChI is InChI=1S/C12H16N4O/c1-2-13-10-8-17-7-9(10)12-15-14-11-5-3-4-6-16(11)12/h3-6,9-10,13H,2,7-8H2,1H3. The number of nitrogens with one attached hydrogen (secondary N) is 1. The summed E-state index contributed by atoms with van der Waals surface area (Å²) in [4.78, 5) is 0. The molecule has 0 spiro atoms. The van der Waals surface area contributed by atoms with Gasteiger partial charge in [-0.2, -0.15) is 0 Å². The number of hydrogen-bond donors (Lipinski definition) is 1. The first-order chi connectivity index (χ1) is 8.40. The summed E-state index contributed by atoms with van der Waals surface area (Å²) in [5.41, 5.74) is 0.893. The van der Waals surface area contributed by atoms with Gasteiger partial charge in [0.1, 0.15) is 5.82 Å². The highest BCUT2D eigenvalue weighted by atomic mass is 16.5. The minimum Gasteiger partial charge on any atom is -0.379 e. The number of likely N-dealkylation sites (N-methyl/N-ethyl adjacent to an activating group) is 1. The molecule has 2 aromatic heterocycles. The number of pyridine rings is 1. The Labute approximate surface area is 99.8 Å². The van der Waals surface area contributed by atoms with Gasteiger partial charge >= 0.3 is 0 Å². The van der Waals surface area contributed by atoms with Gasteiger partial charge in [-0.25, -0.2) is 0 Å². The number of hydrogen-bond acceptors (Lipinski definition) is 4. The van der Waals surface area contributed by atoms with Crippen molar-refractivity contribution in [2.45, 2.75) is 18.9 Å². The van der Waals surface area contributed by atoms with Crippen LogP contribution < -0.4 is 5.32 Å². The fourth-order valence-electron chi connectivity index (χ4n) is 2.38. The van der Waals surface area contributed by atoms with Gasteiger partial charge in [0.2, 0.25) is 0 Å². The molecule has 1 aliphatic heterocycles. The van der Waals surface area contributed by atoms with Crippen LogP contribution in [0.25, 0.3) is 5.65 Å². The molecule has 5 heteroatoms.